The molecule has 13 heavy (non-hydrogen) atoms. The lowest BCUT2D eigenvalue weighted by Gasteiger charge is -2.15. The molecule has 78 valence electrons. The number of hydrogen-bond donors (Lipinski definition) is 1. The van der Waals surface area contributed by atoms with E-state index >= 15 is 0 Å². The van der Waals surface area contributed by atoms with Crippen LogP contribution in [0.2, 0.25) is 0 Å². The molecule has 0 aliphatic heterocycles. The maximum Gasteiger partial charge on any atom is 0.0462 e. The Hall–Kier alpha value is -0.340. The molecule has 0 aromatic rings. The molecule has 0 aromatic heterocycles. The van der Waals surface area contributed by atoms with E-state index in [2.05, 4.69) is 18.8 Å². The number of ether oxygens (including phenoxy) is 1. The third kappa shape index (κ3) is 8.00. The Kier molecular flexibility index (Phi) is 8.05. The highest BCUT2D eigenvalue weighted by atomic mass is 16.5. The van der Waals surface area contributed by atoms with Crippen LogP contribution in [0, 0.1) is 0 Å². The summed E-state index contributed by atoms with van der Waals surface area (Å²) in [6, 6.07) is 0.617. The first-order valence-electron chi connectivity index (χ1n) is 5.01. The molecular weight excluding hydrogens is 162 g/mol. The highest BCUT2D eigenvalue weighted by Gasteiger charge is 2.04. The van der Waals surface area contributed by atoms with Crippen LogP contribution < -0.4 is 5.32 Å². The maximum atomic E-state index is 5.02. The maximum absolute atomic E-state index is 5.02. The predicted molar refractivity (Wildman–Crippen MR) is 58.0 cm³/mol. The van der Waals surface area contributed by atoms with Gasteiger partial charge in [-0.05, 0) is 39.7 Å². The molecule has 2 heteroatoms. The average Bonchev–Trinajstić information content (AvgIpc) is 2.10. The lowest BCUT2D eigenvalue weighted by Crippen LogP contribution is -2.25. The van der Waals surface area contributed by atoms with E-state index in [4.69, 9.17) is 4.74 Å². The summed E-state index contributed by atoms with van der Waals surface area (Å²) in [7, 11) is 3.78. The second kappa shape index (κ2) is 8.27. The van der Waals surface area contributed by atoms with Gasteiger partial charge in [0.15, 0.2) is 0 Å². The van der Waals surface area contributed by atoms with Gasteiger partial charge < -0.3 is 10.1 Å². The number of hydrogen-bond acceptors (Lipinski definition) is 2. The van der Waals surface area contributed by atoms with Gasteiger partial charge in [-0.1, -0.05) is 5.57 Å². The van der Waals surface area contributed by atoms with Crippen LogP contribution in [0.1, 0.15) is 32.6 Å². The van der Waals surface area contributed by atoms with E-state index in [0.29, 0.717) is 6.04 Å². The molecule has 0 saturated heterocycles. The van der Waals surface area contributed by atoms with Crippen molar-refractivity contribution in [1.29, 1.82) is 0 Å². The summed E-state index contributed by atoms with van der Waals surface area (Å²) in [6.07, 6.45) is 4.64. The summed E-state index contributed by atoms with van der Waals surface area (Å²) in [4.78, 5) is 0. The van der Waals surface area contributed by atoms with Gasteiger partial charge in [0.05, 0.1) is 0 Å². The number of rotatable bonds is 8. The normalized spacial score (nSPS) is 12.8. The van der Waals surface area contributed by atoms with Crippen molar-refractivity contribution in [1.82, 2.24) is 5.32 Å². The third-order valence-corrected chi connectivity index (χ3v) is 2.23. The van der Waals surface area contributed by atoms with Gasteiger partial charge in [0.2, 0.25) is 0 Å². The molecule has 0 rings (SSSR count). The summed E-state index contributed by atoms with van der Waals surface area (Å²) in [5, 5.41) is 3.32. The summed E-state index contributed by atoms with van der Waals surface area (Å²) >= 11 is 0. The molecule has 0 bridgehead atoms. The second-order valence-electron chi connectivity index (χ2n) is 3.62. The van der Waals surface area contributed by atoms with Crippen LogP contribution in [0.5, 0.6) is 0 Å². The summed E-state index contributed by atoms with van der Waals surface area (Å²) in [5.74, 6) is 0. The van der Waals surface area contributed by atoms with Crippen molar-refractivity contribution in [2.75, 3.05) is 20.8 Å². The molecule has 0 amide bonds. The molecule has 0 fully saturated rings. The van der Waals surface area contributed by atoms with Gasteiger partial charge in [-0.25, -0.2) is 0 Å². The molecule has 2 nitrogen and oxygen atoms in total. The van der Waals surface area contributed by atoms with Crippen LogP contribution in [-0.2, 0) is 4.74 Å². The van der Waals surface area contributed by atoms with Crippen LogP contribution in [-0.4, -0.2) is 26.8 Å². The minimum atomic E-state index is 0.617. The van der Waals surface area contributed by atoms with Crippen LogP contribution in [0.15, 0.2) is 12.2 Å². The summed E-state index contributed by atoms with van der Waals surface area (Å²) in [6.45, 7) is 6.86. The van der Waals surface area contributed by atoms with Gasteiger partial charge >= 0.3 is 0 Å². The molecule has 0 saturated carbocycles. The molecule has 1 N–H and O–H groups in total. The molecule has 1 unspecified atom stereocenters. The van der Waals surface area contributed by atoms with E-state index in [1.54, 1.807) is 7.11 Å². The highest BCUT2D eigenvalue weighted by Crippen LogP contribution is 2.08. The predicted octanol–water partition coefficient (Wildman–Crippen LogP) is 2.36. The van der Waals surface area contributed by atoms with Gasteiger partial charge in [-0.2, -0.15) is 0 Å². The van der Waals surface area contributed by atoms with Crippen LogP contribution in [0.4, 0.5) is 0 Å². The van der Waals surface area contributed by atoms with E-state index < -0.39 is 0 Å². The summed E-state index contributed by atoms with van der Waals surface area (Å²) in [5.41, 5.74) is 1.27. The fourth-order valence-corrected chi connectivity index (χ4v) is 1.33. The third-order valence-electron chi connectivity index (χ3n) is 2.23. The van der Waals surface area contributed by atoms with Crippen molar-refractivity contribution < 1.29 is 4.74 Å². The van der Waals surface area contributed by atoms with Crippen molar-refractivity contribution in [2.45, 2.75) is 38.6 Å². The Balaban J connectivity index is 3.45. The van der Waals surface area contributed by atoms with Crippen molar-refractivity contribution >= 4 is 0 Å². The average molecular weight is 185 g/mol. The quantitative estimate of drug-likeness (QED) is 0.463. The Bertz CT molecular complexity index is 134. The monoisotopic (exact) mass is 185 g/mol. The fourth-order valence-electron chi connectivity index (χ4n) is 1.33. The van der Waals surface area contributed by atoms with E-state index in [9.17, 15) is 0 Å². The lowest BCUT2D eigenvalue weighted by atomic mass is 10.0. The van der Waals surface area contributed by atoms with E-state index in [-0.39, 0.29) is 0 Å². The first-order valence-corrected chi connectivity index (χ1v) is 5.01. The van der Waals surface area contributed by atoms with Gasteiger partial charge in [0.1, 0.15) is 0 Å². The largest absolute Gasteiger partial charge is 0.385 e. The number of allylic oxidation sites excluding steroid dienone is 1. The zero-order valence-corrected chi connectivity index (χ0v) is 9.23. The minimum absolute atomic E-state index is 0.617. The van der Waals surface area contributed by atoms with Crippen molar-refractivity contribution in [3.8, 4) is 0 Å². The highest BCUT2D eigenvalue weighted by molar-refractivity contribution is 4.89. The zero-order chi connectivity index (χ0) is 10.1. The van der Waals surface area contributed by atoms with Gasteiger partial charge in [0, 0.05) is 19.8 Å². The Morgan fingerprint density at radius 2 is 2.15 bits per heavy atom. The molecule has 0 aliphatic carbocycles. The Morgan fingerprint density at radius 1 is 1.46 bits per heavy atom. The number of nitrogens with one attached hydrogen (secondary N) is 1. The Morgan fingerprint density at radius 3 is 2.62 bits per heavy atom. The van der Waals surface area contributed by atoms with E-state index in [1.807, 2.05) is 7.05 Å². The minimum Gasteiger partial charge on any atom is -0.385 e. The van der Waals surface area contributed by atoms with Crippen LogP contribution >= 0.6 is 0 Å². The van der Waals surface area contributed by atoms with E-state index in [0.717, 1.165) is 19.4 Å². The summed E-state index contributed by atoms with van der Waals surface area (Å²) < 4.78 is 5.02. The fraction of sp³-hybridized carbons (Fsp3) is 0.818. The van der Waals surface area contributed by atoms with Gasteiger partial charge in [0.25, 0.3) is 0 Å². The molecule has 0 radical (unpaired) electrons. The van der Waals surface area contributed by atoms with E-state index in [1.165, 1.54) is 18.4 Å². The van der Waals surface area contributed by atoms with Gasteiger partial charge in [-0.3, -0.25) is 0 Å². The lowest BCUT2D eigenvalue weighted by molar-refractivity contribution is 0.188. The number of methoxy groups -OCH3 is 1. The molecule has 0 aromatic carbocycles. The smallest absolute Gasteiger partial charge is 0.0462 e. The van der Waals surface area contributed by atoms with Crippen molar-refractivity contribution in [2.24, 2.45) is 0 Å². The second-order valence-corrected chi connectivity index (χ2v) is 3.62. The Labute approximate surface area is 82.4 Å². The first-order chi connectivity index (χ1) is 6.20. The topological polar surface area (TPSA) is 21.3 Å². The van der Waals surface area contributed by atoms with Crippen LogP contribution in [0.25, 0.3) is 0 Å². The van der Waals surface area contributed by atoms with Crippen molar-refractivity contribution in [3.63, 3.8) is 0 Å². The standard InChI is InChI=1S/C11H23NO/c1-10(2)7-8-11(12-3)6-5-9-13-4/h11-12H,1,5-9H2,2-4H3. The molecule has 0 spiro atoms. The molecule has 0 aliphatic rings. The molecule has 0 heterocycles. The van der Waals surface area contributed by atoms with Crippen LogP contribution in [0.3, 0.4) is 0 Å². The van der Waals surface area contributed by atoms with Crippen molar-refractivity contribution in [3.05, 3.63) is 12.2 Å². The zero-order valence-electron chi connectivity index (χ0n) is 9.23. The SMILES string of the molecule is C=C(C)CCC(CCCOC)NC. The molecular formula is C11H23NO. The molecule has 1 atom stereocenters. The van der Waals surface area contributed by atoms with Gasteiger partial charge in [-0.15, -0.1) is 6.58 Å². The first kappa shape index (κ1) is 12.7.